The summed E-state index contributed by atoms with van der Waals surface area (Å²) in [4.78, 5) is 29.4. The molecule has 0 amide bonds. The Morgan fingerprint density at radius 1 is 1.31 bits per heavy atom. The number of ketones is 1. The molecule has 2 heterocycles. The topological polar surface area (TPSA) is 70.0 Å². The molecule has 2 aliphatic rings. The van der Waals surface area contributed by atoms with E-state index in [2.05, 4.69) is 16.8 Å². The molecule has 3 rings (SSSR count). The smallest absolute Gasteiger partial charge is 0.188 e. The van der Waals surface area contributed by atoms with E-state index in [4.69, 9.17) is 23.2 Å². The molecule has 1 atom stereocenters. The van der Waals surface area contributed by atoms with Crippen LogP contribution in [0.5, 0.6) is 0 Å². The Balaban J connectivity index is 2.23. The number of hydrogen-bond acceptors (Lipinski definition) is 5. The highest BCUT2D eigenvalue weighted by molar-refractivity contribution is 6.39. The van der Waals surface area contributed by atoms with Crippen LogP contribution in [-0.2, 0) is 9.59 Å². The third-order valence-electron chi connectivity index (χ3n) is 4.06. The number of aliphatic imine (C=N–C) groups is 1. The molecule has 1 aromatic rings. The Hall–Kier alpha value is -2.39. The van der Waals surface area contributed by atoms with Crippen molar-refractivity contribution in [2.24, 2.45) is 4.99 Å². The van der Waals surface area contributed by atoms with E-state index in [-0.39, 0.29) is 18.8 Å². The first kappa shape index (κ1) is 18.4. The molecule has 0 aromatic heterocycles. The number of allylic oxidation sites excluding steroid dienone is 2. The van der Waals surface area contributed by atoms with Gasteiger partial charge in [-0.2, -0.15) is 0 Å². The molecule has 0 spiro atoms. The zero-order valence-electron chi connectivity index (χ0n) is 13.6. The average Bonchev–Trinajstić information content (AvgIpc) is 2.84. The fraction of sp³-hybridized carbons (Fsp3) is 0.211. The van der Waals surface area contributed by atoms with Crippen LogP contribution in [0, 0.1) is 11.8 Å². The number of rotatable bonds is 5. The first-order valence-corrected chi connectivity index (χ1v) is 8.63. The molecule has 1 unspecified atom stereocenters. The lowest BCUT2D eigenvalue weighted by molar-refractivity contribution is -0.112. The van der Waals surface area contributed by atoms with Crippen LogP contribution >= 0.6 is 23.2 Å². The highest BCUT2D eigenvalue weighted by Gasteiger charge is 2.36. The van der Waals surface area contributed by atoms with Crippen LogP contribution in [0.25, 0.3) is 0 Å². The predicted molar refractivity (Wildman–Crippen MR) is 101 cm³/mol. The second-order valence-electron chi connectivity index (χ2n) is 5.61. The van der Waals surface area contributed by atoms with Crippen molar-refractivity contribution in [3.05, 3.63) is 51.3 Å². The zero-order chi connectivity index (χ0) is 18.7. The minimum absolute atomic E-state index is 0.236. The van der Waals surface area contributed by atoms with Crippen LogP contribution in [0.2, 0.25) is 10.0 Å². The Bertz CT molecular complexity index is 902. The first-order chi connectivity index (χ1) is 12.6. The molecule has 0 fully saturated rings. The number of benzene rings is 1. The number of carbonyl (C=O) groups excluding carboxylic acids is 2. The number of nitrogens with zero attached hydrogens (tertiary/aromatic N) is 2. The molecular weight excluding hydrogens is 375 g/mol. The van der Waals surface area contributed by atoms with Crippen molar-refractivity contribution in [1.82, 2.24) is 0 Å². The van der Waals surface area contributed by atoms with Gasteiger partial charge in [-0.05, 0) is 18.6 Å². The normalized spacial score (nSPS) is 18.7. The van der Waals surface area contributed by atoms with Gasteiger partial charge in [0.25, 0.3) is 0 Å². The number of carbonyl (C=O) groups is 2. The lowest BCUT2D eigenvalue weighted by atomic mass is 9.92. The average molecular weight is 389 g/mol. The van der Waals surface area contributed by atoms with Crippen LogP contribution in [-0.4, -0.2) is 36.0 Å². The Labute approximate surface area is 160 Å². The van der Waals surface area contributed by atoms with E-state index in [1.165, 1.54) is 12.3 Å². The summed E-state index contributed by atoms with van der Waals surface area (Å²) in [5.74, 6) is 5.48. The van der Waals surface area contributed by atoms with Gasteiger partial charge in [-0.25, -0.2) is 0 Å². The summed E-state index contributed by atoms with van der Waals surface area (Å²) < 4.78 is 0. The Morgan fingerprint density at radius 2 is 2.04 bits per heavy atom. The van der Waals surface area contributed by atoms with Gasteiger partial charge in [0.05, 0.1) is 39.8 Å². The molecular formula is C19H14Cl2N2O3. The highest BCUT2D eigenvalue weighted by Crippen LogP contribution is 2.40. The molecule has 0 bridgehead atoms. The summed E-state index contributed by atoms with van der Waals surface area (Å²) in [5.41, 5.74) is 1.63. The maximum absolute atomic E-state index is 12.7. The Morgan fingerprint density at radius 3 is 2.69 bits per heavy atom. The number of para-hydroxylation sites is 1. The molecule has 0 saturated carbocycles. The standard InChI is InChI=1S/C19H14Cl2N2O3/c20-13-4-1-5-14(21)19(13)23-12(11-25)10-17(26)18-15(6-3-9-24)22-8-2-7-16(18)23/h1,4-5,8-10,16,25H,3,6,11H2. The van der Waals surface area contributed by atoms with E-state index in [1.807, 2.05) is 0 Å². The van der Waals surface area contributed by atoms with E-state index in [1.54, 1.807) is 23.1 Å². The van der Waals surface area contributed by atoms with Crippen molar-refractivity contribution in [2.45, 2.75) is 18.9 Å². The number of fused-ring (bicyclic) bond motifs is 1. The molecule has 26 heavy (non-hydrogen) atoms. The third-order valence-corrected chi connectivity index (χ3v) is 4.67. The molecule has 0 aliphatic carbocycles. The van der Waals surface area contributed by atoms with Crippen molar-refractivity contribution in [3.63, 3.8) is 0 Å². The van der Waals surface area contributed by atoms with E-state index >= 15 is 0 Å². The second kappa shape index (κ2) is 7.88. The van der Waals surface area contributed by atoms with Gasteiger partial charge in [-0.3, -0.25) is 9.79 Å². The van der Waals surface area contributed by atoms with E-state index in [0.29, 0.717) is 39.1 Å². The van der Waals surface area contributed by atoms with E-state index in [9.17, 15) is 14.7 Å². The second-order valence-corrected chi connectivity index (χ2v) is 6.43. The largest absolute Gasteiger partial charge is 0.390 e. The Kier molecular flexibility index (Phi) is 5.58. The van der Waals surface area contributed by atoms with Gasteiger partial charge in [0.15, 0.2) is 5.78 Å². The number of aliphatic hydroxyl groups excluding tert-OH is 1. The summed E-state index contributed by atoms with van der Waals surface area (Å²) in [5, 5.41) is 10.5. The summed E-state index contributed by atoms with van der Waals surface area (Å²) >= 11 is 12.7. The van der Waals surface area contributed by atoms with Crippen molar-refractivity contribution >= 4 is 47.2 Å². The van der Waals surface area contributed by atoms with Crippen LogP contribution in [0.15, 0.2) is 46.2 Å². The number of aldehydes is 1. The van der Waals surface area contributed by atoms with Gasteiger partial charge in [0, 0.05) is 18.2 Å². The molecule has 1 N–H and O–H groups in total. The predicted octanol–water partition coefficient (Wildman–Crippen LogP) is 2.95. The maximum atomic E-state index is 12.7. The minimum Gasteiger partial charge on any atom is -0.390 e. The zero-order valence-corrected chi connectivity index (χ0v) is 15.1. The van der Waals surface area contributed by atoms with Gasteiger partial charge >= 0.3 is 0 Å². The first-order valence-electron chi connectivity index (χ1n) is 7.87. The molecule has 5 nitrogen and oxygen atoms in total. The molecule has 1 aromatic carbocycles. The number of halogens is 2. The maximum Gasteiger partial charge on any atom is 0.188 e. The third kappa shape index (κ3) is 3.32. The summed E-state index contributed by atoms with van der Waals surface area (Å²) in [6.45, 7) is -0.386. The van der Waals surface area contributed by atoms with Gasteiger partial charge in [0.1, 0.15) is 12.3 Å². The number of hydrogen-bond donors (Lipinski definition) is 1. The fourth-order valence-electron chi connectivity index (χ4n) is 2.97. The van der Waals surface area contributed by atoms with Crippen molar-refractivity contribution < 1.29 is 14.7 Å². The van der Waals surface area contributed by atoms with Crippen LogP contribution in [0.1, 0.15) is 12.8 Å². The lowest BCUT2D eigenvalue weighted by Crippen LogP contribution is -2.43. The number of anilines is 1. The SMILES string of the molecule is O=CCCC1=C2C(=O)C=C(CO)N(c3c(Cl)cccc3Cl)C2C#CC=N1. The van der Waals surface area contributed by atoms with E-state index in [0.717, 1.165) is 6.29 Å². The van der Waals surface area contributed by atoms with Crippen LogP contribution in [0.3, 0.4) is 0 Å². The van der Waals surface area contributed by atoms with Crippen LogP contribution in [0.4, 0.5) is 5.69 Å². The monoisotopic (exact) mass is 388 g/mol. The minimum atomic E-state index is -0.712. The van der Waals surface area contributed by atoms with E-state index < -0.39 is 6.04 Å². The van der Waals surface area contributed by atoms with Gasteiger partial charge in [-0.1, -0.05) is 41.1 Å². The lowest BCUT2D eigenvalue weighted by Gasteiger charge is -2.37. The number of aliphatic hydroxyl groups is 1. The van der Waals surface area contributed by atoms with Gasteiger partial charge in [0.2, 0.25) is 0 Å². The van der Waals surface area contributed by atoms with Gasteiger partial charge in [-0.15, -0.1) is 0 Å². The van der Waals surface area contributed by atoms with Crippen molar-refractivity contribution in [3.8, 4) is 11.8 Å². The molecule has 132 valence electrons. The highest BCUT2D eigenvalue weighted by atomic mass is 35.5. The quantitative estimate of drug-likeness (QED) is 0.621. The van der Waals surface area contributed by atoms with Crippen molar-refractivity contribution in [1.29, 1.82) is 0 Å². The molecule has 7 heteroatoms. The molecule has 2 aliphatic heterocycles. The van der Waals surface area contributed by atoms with Crippen LogP contribution < -0.4 is 4.90 Å². The van der Waals surface area contributed by atoms with Gasteiger partial charge < -0.3 is 14.8 Å². The summed E-state index contributed by atoms with van der Waals surface area (Å²) in [7, 11) is 0. The fourth-order valence-corrected chi connectivity index (χ4v) is 3.55. The summed E-state index contributed by atoms with van der Waals surface area (Å²) in [6.07, 6.45) is 4.06. The molecule has 0 saturated heterocycles. The van der Waals surface area contributed by atoms with Crippen molar-refractivity contribution in [2.75, 3.05) is 11.5 Å². The summed E-state index contributed by atoms with van der Waals surface area (Å²) in [6, 6.07) is 4.34. The molecule has 0 radical (unpaired) electrons.